The number of rotatable bonds is 6. The van der Waals surface area contributed by atoms with E-state index in [1.165, 1.54) is 25.7 Å². The Morgan fingerprint density at radius 1 is 1.16 bits per heavy atom. The summed E-state index contributed by atoms with van der Waals surface area (Å²) in [4.78, 5) is 14.9. The molecule has 3 rings (SSSR count). The molecule has 6 nitrogen and oxygen atoms in total. The second kappa shape index (κ2) is 8.67. The average Bonchev–Trinajstić information content (AvgIpc) is 2.92. The Hall–Kier alpha value is -2.34. The highest BCUT2D eigenvalue weighted by Gasteiger charge is 2.18. The van der Waals surface area contributed by atoms with Gasteiger partial charge in [-0.15, -0.1) is 0 Å². The highest BCUT2D eigenvalue weighted by molar-refractivity contribution is 5.94. The van der Waals surface area contributed by atoms with Crippen molar-refractivity contribution >= 4 is 5.91 Å². The van der Waals surface area contributed by atoms with Crippen molar-refractivity contribution < 1.29 is 9.53 Å². The molecule has 1 fully saturated rings. The van der Waals surface area contributed by atoms with E-state index in [4.69, 9.17) is 4.74 Å². The van der Waals surface area contributed by atoms with Gasteiger partial charge in [-0.3, -0.25) is 4.79 Å². The summed E-state index contributed by atoms with van der Waals surface area (Å²) in [5.41, 5.74) is 1.21. The van der Waals surface area contributed by atoms with Gasteiger partial charge in [0.15, 0.2) is 11.4 Å². The number of ether oxygens (including phenoxy) is 1. The van der Waals surface area contributed by atoms with Crippen molar-refractivity contribution in [2.24, 2.45) is 0 Å². The monoisotopic (exact) mass is 342 g/mol. The second-order valence-corrected chi connectivity index (χ2v) is 6.34. The summed E-state index contributed by atoms with van der Waals surface area (Å²) in [5.74, 6) is 0.289. The molecule has 2 heterocycles. The molecule has 25 heavy (non-hydrogen) atoms. The molecule has 0 aliphatic carbocycles. The van der Waals surface area contributed by atoms with Gasteiger partial charge < -0.3 is 15.0 Å². The van der Waals surface area contributed by atoms with Gasteiger partial charge in [0.2, 0.25) is 0 Å². The zero-order valence-corrected chi connectivity index (χ0v) is 14.8. The fourth-order valence-corrected chi connectivity index (χ4v) is 3.15. The number of para-hydroxylation sites is 1. The van der Waals surface area contributed by atoms with Crippen LogP contribution in [0.15, 0.2) is 36.5 Å². The summed E-state index contributed by atoms with van der Waals surface area (Å²) in [6.45, 7) is 3.76. The third-order valence-corrected chi connectivity index (χ3v) is 4.55. The number of amides is 1. The molecule has 1 aliphatic rings. The van der Waals surface area contributed by atoms with E-state index in [1.807, 2.05) is 30.3 Å². The number of carbonyl (C=O) groups is 1. The minimum atomic E-state index is -0.193. The van der Waals surface area contributed by atoms with Crippen LogP contribution in [-0.4, -0.2) is 53.9 Å². The average molecular weight is 342 g/mol. The van der Waals surface area contributed by atoms with Crippen LogP contribution in [0.1, 0.15) is 36.2 Å². The normalized spacial score (nSPS) is 15.6. The molecule has 6 heteroatoms. The van der Waals surface area contributed by atoms with E-state index in [9.17, 15) is 4.79 Å². The molecule has 1 aliphatic heterocycles. The predicted octanol–water partition coefficient (Wildman–Crippen LogP) is 2.49. The molecule has 2 aromatic rings. The molecule has 0 spiro atoms. The smallest absolute Gasteiger partial charge is 0.275 e. The summed E-state index contributed by atoms with van der Waals surface area (Å²) in [6, 6.07) is 9.69. The van der Waals surface area contributed by atoms with Gasteiger partial charge in [-0.25, -0.2) is 4.68 Å². The zero-order chi connectivity index (χ0) is 17.5. The summed E-state index contributed by atoms with van der Waals surface area (Å²) < 4.78 is 7.00. The molecule has 1 aromatic carbocycles. The largest absolute Gasteiger partial charge is 0.493 e. The number of nitrogens with zero attached hydrogens (tertiary/aromatic N) is 3. The summed E-state index contributed by atoms with van der Waals surface area (Å²) in [5, 5.41) is 7.37. The van der Waals surface area contributed by atoms with Gasteiger partial charge in [-0.2, -0.15) is 5.10 Å². The van der Waals surface area contributed by atoms with E-state index >= 15 is 0 Å². The first kappa shape index (κ1) is 17.5. The van der Waals surface area contributed by atoms with E-state index in [0.29, 0.717) is 18.0 Å². The number of carbonyl (C=O) groups excluding carboxylic acids is 1. The molecule has 0 bridgehead atoms. The minimum Gasteiger partial charge on any atom is -0.493 e. The van der Waals surface area contributed by atoms with Crippen molar-refractivity contribution in [2.45, 2.75) is 25.7 Å². The van der Waals surface area contributed by atoms with Crippen LogP contribution in [0, 0.1) is 0 Å². The molecule has 0 atom stereocenters. The maximum Gasteiger partial charge on any atom is 0.275 e. The zero-order valence-electron chi connectivity index (χ0n) is 14.8. The Labute approximate surface area is 148 Å². The Morgan fingerprint density at radius 2 is 1.88 bits per heavy atom. The maximum atomic E-state index is 12.5. The van der Waals surface area contributed by atoms with Crippen LogP contribution in [0.3, 0.4) is 0 Å². The number of likely N-dealkylation sites (tertiary alicyclic amines) is 1. The highest BCUT2D eigenvalue weighted by Crippen LogP contribution is 2.19. The Kier molecular flexibility index (Phi) is 6.06. The third kappa shape index (κ3) is 4.60. The van der Waals surface area contributed by atoms with Crippen molar-refractivity contribution in [2.75, 3.05) is 33.3 Å². The lowest BCUT2D eigenvalue weighted by Gasteiger charge is -2.19. The van der Waals surface area contributed by atoms with Crippen LogP contribution < -0.4 is 10.1 Å². The molecule has 1 saturated heterocycles. The molecule has 0 saturated carbocycles. The van der Waals surface area contributed by atoms with Gasteiger partial charge in [0.1, 0.15) is 0 Å². The number of hydrogen-bond donors (Lipinski definition) is 1. The molecule has 134 valence electrons. The van der Waals surface area contributed by atoms with Crippen molar-refractivity contribution in [3.05, 3.63) is 42.2 Å². The van der Waals surface area contributed by atoms with Crippen LogP contribution in [0.4, 0.5) is 0 Å². The number of benzene rings is 1. The quantitative estimate of drug-likeness (QED) is 0.876. The Bertz CT molecular complexity index is 676. The van der Waals surface area contributed by atoms with E-state index in [2.05, 4.69) is 15.3 Å². The molecule has 1 aromatic heterocycles. The lowest BCUT2D eigenvalue weighted by molar-refractivity contribution is 0.0940. The first-order chi connectivity index (χ1) is 12.3. The number of aromatic nitrogens is 2. The maximum absolute atomic E-state index is 12.5. The fraction of sp³-hybridized carbons (Fsp3) is 0.474. The van der Waals surface area contributed by atoms with Crippen molar-refractivity contribution in [3.8, 4) is 11.4 Å². The third-order valence-electron chi connectivity index (χ3n) is 4.55. The van der Waals surface area contributed by atoms with Crippen molar-refractivity contribution in [1.29, 1.82) is 0 Å². The van der Waals surface area contributed by atoms with Crippen LogP contribution >= 0.6 is 0 Å². The van der Waals surface area contributed by atoms with Gasteiger partial charge in [0.05, 0.1) is 19.0 Å². The summed E-state index contributed by atoms with van der Waals surface area (Å²) in [6.07, 6.45) is 6.87. The molecule has 1 N–H and O–H groups in total. The fourth-order valence-electron chi connectivity index (χ4n) is 3.15. The molecular formula is C19H26N4O2. The highest BCUT2D eigenvalue weighted by atomic mass is 16.5. The summed E-state index contributed by atoms with van der Waals surface area (Å²) >= 11 is 0. The van der Waals surface area contributed by atoms with Crippen molar-refractivity contribution in [3.63, 3.8) is 0 Å². The lowest BCUT2D eigenvalue weighted by Crippen LogP contribution is -2.35. The minimum absolute atomic E-state index is 0.193. The van der Waals surface area contributed by atoms with E-state index in [1.54, 1.807) is 18.0 Å². The van der Waals surface area contributed by atoms with Crippen LogP contribution in [0.5, 0.6) is 5.75 Å². The number of methoxy groups -OCH3 is 1. The van der Waals surface area contributed by atoms with Crippen LogP contribution in [0.2, 0.25) is 0 Å². The standard InChI is InChI=1S/C19H26N4O2/c1-25-17-15-23(16-9-5-4-6-10-16)21-18(17)19(24)20-11-14-22-12-7-2-3-8-13-22/h4-6,9-10,15H,2-3,7-8,11-14H2,1H3,(H,20,24). The molecule has 0 radical (unpaired) electrons. The topological polar surface area (TPSA) is 59.4 Å². The molecule has 0 unspecified atom stereocenters. The van der Waals surface area contributed by atoms with Gasteiger partial charge in [0.25, 0.3) is 5.91 Å². The lowest BCUT2D eigenvalue weighted by atomic mass is 10.2. The predicted molar refractivity (Wildman–Crippen MR) is 97.4 cm³/mol. The van der Waals surface area contributed by atoms with Gasteiger partial charge in [-0.05, 0) is 38.1 Å². The Morgan fingerprint density at radius 3 is 2.56 bits per heavy atom. The van der Waals surface area contributed by atoms with E-state index in [0.717, 1.165) is 25.3 Å². The van der Waals surface area contributed by atoms with Crippen molar-refractivity contribution in [1.82, 2.24) is 20.0 Å². The first-order valence-electron chi connectivity index (χ1n) is 8.97. The van der Waals surface area contributed by atoms with E-state index in [-0.39, 0.29) is 5.91 Å². The number of hydrogen-bond acceptors (Lipinski definition) is 4. The van der Waals surface area contributed by atoms with Gasteiger partial charge >= 0.3 is 0 Å². The first-order valence-corrected chi connectivity index (χ1v) is 8.97. The molecule has 1 amide bonds. The second-order valence-electron chi connectivity index (χ2n) is 6.34. The molecular weight excluding hydrogens is 316 g/mol. The van der Waals surface area contributed by atoms with Gasteiger partial charge in [-0.1, -0.05) is 31.0 Å². The van der Waals surface area contributed by atoms with Crippen LogP contribution in [-0.2, 0) is 0 Å². The summed E-state index contributed by atoms with van der Waals surface area (Å²) in [7, 11) is 1.56. The Balaban J connectivity index is 1.60. The van der Waals surface area contributed by atoms with Gasteiger partial charge in [0, 0.05) is 13.1 Å². The van der Waals surface area contributed by atoms with E-state index < -0.39 is 0 Å². The van der Waals surface area contributed by atoms with Crippen LogP contribution in [0.25, 0.3) is 5.69 Å². The SMILES string of the molecule is COc1cn(-c2ccccc2)nc1C(=O)NCCN1CCCCCC1. The number of nitrogens with one attached hydrogen (secondary N) is 1.